The van der Waals surface area contributed by atoms with Crippen LogP contribution in [0, 0.1) is 17.8 Å². The van der Waals surface area contributed by atoms with Gasteiger partial charge in [0.05, 0.1) is 7.06 Å². The van der Waals surface area contributed by atoms with Gasteiger partial charge in [0.1, 0.15) is 0 Å². The molecule has 1 N–H and O–H groups in total. The molecule has 6 heteroatoms. The minimum absolute atomic E-state index is 0.213. The van der Waals surface area contributed by atoms with E-state index in [9.17, 15) is 4.79 Å². The first-order chi connectivity index (χ1) is 7.63. The van der Waals surface area contributed by atoms with Crippen molar-refractivity contribution in [3.05, 3.63) is 12.2 Å². The van der Waals surface area contributed by atoms with Gasteiger partial charge in [-0.15, -0.1) is 0 Å². The zero-order valence-corrected chi connectivity index (χ0v) is 12.4. The lowest BCUT2D eigenvalue weighted by atomic mass is 9.33. The second-order valence-electron chi connectivity index (χ2n) is 4.84. The van der Waals surface area contributed by atoms with Crippen molar-refractivity contribution in [3.63, 3.8) is 0 Å². The molecule has 0 radical (unpaired) electrons. The fourth-order valence-corrected chi connectivity index (χ4v) is 2.53. The van der Waals surface area contributed by atoms with Gasteiger partial charge < -0.3 is 5.23 Å². The number of amides is 1. The molecule has 0 saturated heterocycles. The van der Waals surface area contributed by atoms with E-state index in [1.54, 1.807) is 0 Å². The van der Waals surface area contributed by atoms with E-state index >= 15 is 0 Å². The molecule has 2 nitrogen and oxygen atoms in total. The average molecular weight is 329 g/mol. The summed E-state index contributed by atoms with van der Waals surface area (Å²) in [5.41, 5.74) is 0. The Hall–Kier alpha value is 0.135. The van der Waals surface area contributed by atoms with Crippen LogP contribution in [0.5, 0.6) is 0 Å². The van der Waals surface area contributed by atoms with E-state index in [0.717, 1.165) is 19.4 Å². The van der Waals surface area contributed by atoms with Crippen molar-refractivity contribution in [2.75, 3.05) is 0 Å². The first kappa shape index (κ1) is 14.2. The number of allylic oxidation sites excluding steroid dienone is 2. The van der Waals surface area contributed by atoms with Crippen molar-refractivity contribution < 1.29 is 4.79 Å². The molecular formula is C10H19B3INO. The zero-order valence-electron chi connectivity index (χ0n) is 10.2. The fourth-order valence-electron chi connectivity index (χ4n) is 2.15. The van der Waals surface area contributed by atoms with Crippen LogP contribution in [-0.4, -0.2) is 25.3 Å². The van der Waals surface area contributed by atoms with Gasteiger partial charge in [0.15, 0.2) is 12.3 Å². The lowest BCUT2D eigenvalue weighted by Gasteiger charge is -2.17. The van der Waals surface area contributed by atoms with Gasteiger partial charge >= 0.3 is 0 Å². The predicted molar refractivity (Wildman–Crippen MR) is 83.8 cm³/mol. The van der Waals surface area contributed by atoms with Crippen LogP contribution in [0.1, 0.15) is 26.7 Å². The van der Waals surface area contributed by atoms with Crippen LogP contribution in [0.4, 0.5) is 0 Å². The molecule has 1 aliphatic rings. The maximum absolute atomic E-state index is 11.6. The van der Waals surface area contributed by atoms with Crippen molar-refractivity contribution in [1.29, 1.82) is 0 Å². The SMILES string of the molecule is CC1C=CC(C(C)CC(=O)NBBBI)C1. The second-order valence-corrected chi connectivity index (χ2v) is 5.91. The zero-order chi connectivity index (χ0) is 12.0. The summed E-state index contributed by atoms with van der Waals surface area (Å²) < 4.78 is 0. The second kappa shape index (κ2) is 7.46. The third kappa shape index (κ3) is 4.98. The third-order valence-electron chi connectivity index (χ3n) is 3.20. The number of halogens is 1. The minimum atomic E-state index is 0.213. The Morgan fingerprint density at radius 1 is 1.62 bits per heavy atom. The van der Waals surface area contributed by atoms with Crippen LogP contribution in [0.2, 0.25) is 0 Å². The maximum Gasteiger partial charge on any atom is 0.207 e. The Morgan fingerprint density at radius 2 is 2.38 bits per heavy atom. The molecule has 3 unspecified atom stereocenters. The molecule has 0 aromatic heterocycles. The summed E-state index contributed by atoms with van der Waals surface area (Å²) in [4.78, 5) is 11.6. The van der Waals surface area contributed by atoms with Gasteiger partial charge in [-0.25, -0.2) is 0 Å². The summed E-state index contributed by atoms with van der Waals surface area (Å²) in [7, 11) is 1.90. The molecule has 0 aromatic carbocycles. The number of rotatable bonds is 6. The highest BCUT2D eigenvalue weighted by Gasteiger charge is 2.22. The number of nitrogens with one attached hydrogen (secondary N) is 1. The quantitative estimate of drug-likeness (QED) is 0.331. The first-order valence-electron chi connectivity index (χ1n) is 6.14. The lowest BCUT2D eigenvalue weighted by Crippen LogP contribution is -2.34. The molecule has 0 fully saturated rings. The topological polar surface area (TPSA) is 29.1 Å². The summed E-state index contributed by atoms with van der Waals surface area (Å²) in [6.07, 6.45) is 6.44. The van der Waals surface area contributed by atoms with E-state index in [4.69, 9.17) is 0 Å². The average Bonchev–Trinajstić information content (AvgIpc) is 2.65. The van der Waals surface area contributed by atoms with Crippen LogP contribution in [-0.2, 0) is 4.79 Å². The Bertz CT molecular complexity index is 262. The Labute approximate surface area is 114 Å². The van der Waals surface area contributed by atoms with E-state index in [0.29, 0.717) is 24.2 Å². The van der Waals surface area contributed by atoms with Gasteiger partial charge in [0.25, 0.3) is 0 Å². The van der Waals surface area contributed by atoms with Crippen LogP contribution in [0.3, 0.4) is 0 Å². The molecule has 16 heavy (non-hydrogen) atoms. The van der Waals surface area contributed by atoms with Gasteiger partial charge in [0, 0.05) is 6.42 Å². The highest BCUT2D eigenvalue weighted by Crippen LogP contribution is 2.30. The van der Waals surface area contributed by atoms with Gasteiger partial charge in [-0.1, -0.05) is 26.0 Å². The molecule has 1 rings (SSSR count). The van der Waals surface area contributed by atoms with Crippen molar-refractivity contribution >= 4 is 47.7 Å². The molecule has 0 spiro atoms. The van der Waals surface area contributed by atoms with Gasteiger partial charge in [-0.3, -0.25) is 4.79 Å². The monoisotopic (exact) mass is 329 g/mol. The van der Waals surface area contributed by atoms with Crippen LogP contribution < -0.4 is 5.23 Å². The first-order valence-corrected chi connectivity index (χ1v) is 7.67. The molecular weight excluding hydrogens is 309 g/mol. The van der Waals surface area contributed by atoms with Crippen molar-refractivity contribution in [3.8, 4) is 0 Å². The maximum atomic E-state index is 11.6. The van der Waals surface area contributed by atoms with E-state index in [1.807, 2.05) is 0 Å². The van der Waals surface area contributed by atoms with Crippen molar-refractivity contribution in [1.82, 2.24) is 5.23 Å². The molecule has 0 heterocycles. The van der Waals surface area contributed by atoms with E-state index in [2.05, 4.69) is 53.6 Å². The predicted octanol–water partition coefficient (Wildman–Crippen LogP) is 0.745. The molecule has 3 atom stereocenters. The Kier molecular flexibility index (Phi) is 6.62. The van der Waals surface area contributed by atoms with Crippen LogP contribution in [0.15, 0.2) is 12.2 Å². The standard InChI is InChI=1S/C10H19B3INO/c1-7-3-4-9(5-7)8(2)6-10(16)15-13-11-12-14/h3-4,7-9,11-13H,5-6H2,1-2H3,(H,15,16). The number of carbonyl (C=O) groups excluding carboxylic acids is 1. The molecule has 1 aliphatic carbocycles. The van der Waals surface area contributed by atoms with Gasteiger partial charge in [0.2, 0.25) is 5.91 Å². The van der Waals surface area contributed by atoms with Gasteiger partial charge in [-0.05, 0) is 24.2 Å². The Morgan fingerprint density at radius 3 is 2.94 bits per heavy atom. The fraction of sp³-hybridized carbons (Fsp3) is 0.700. The largest absolute Gasteiger partial charge is 0.411 e. The summed E-state index contributed by atoms with van der Waals surface area (Å²) in [6.45, 7) is 4.43. The smallest absolute Gasteiger partial charge is 0.207 e. The molecule has 86 valence electrons. The molecule has 0 bridgehead atoms. The number of hydrogen-bond donors (Lipinski definition) is 1. The van der Waals surface area contributed by atoms with E-state index < -0.39 is 0 Å². The summed E-state index contributed by atoms with van der Waals surface area (Å²) in [5, 5.41) is 4.09. The van der Waals surface area contributed by atoms with Crippen LogP contribution in [0.25, 0.3) is 0 Å². The van der Waals surface area contributed by atoms with Crippen LogP contribution >= 0.6 is 22.4 Å². The van der Waals surface area contributed by atoms with Crippen molar-refractivity contribution in [2.45, 2.75) is 26.7 Å². The highest BCUT2D eigenvalue weighted by molar-refractivity contribution is 14.1. The van der Waals surface area contributed by atoms with E-state index in [1.165, 1.54) is 6.42 Å². The Balaban J connectivity index is 2.20. The highest BCUT2D eigenvalue weighted by atomic mass is 127. The number of hydrogen-bond acceptors (Lipinski definition) is 1. The summed E-state index contributed by atoms with van der Waals surface area (Å²) in [6, 6.07) is 0. The third-order valence-corrected chi connectivity index (χ3v) is 3.96. The lowest BCUT2D eigenvalue weighted by molar-refractivity contribution is -0.120. The number of carbonyl (C=O) groups is 1. The summed E-state index contributed by atoms with van der Waals surface area (Å²) in [5.74, 6) is 1.98. The summed E-state index contributed by atoms with van der Waals surface area (Å²) >= 11 is 2.33. The van der Waals surface area contributed by atoms with E-state index in [-0.39, 0.29) is 5.91 Å². The molecule has 0 aliphatic heterocycles. The molecule has 1 amide bonds. The molecule has 0 saturated carbocycles. The molecule has 0 aromatic rings. The normalized spacial score (nSPS) is 24.9. The van der Waals surface area contributed by atoms with Crippen molar-refractivity contribution in [2.24, 2.45) is 17.8 Å². The van der Waals surface area contributed by atoms with Gasteiger partial charge in [-0.2, -0.15) is 22.4 Å². The minimum Gasteiger partial charge on any atom is -0.411 e.